The summed E-state index contributed by atoms with van der Waals surface area (Å²) >= 11 is 0. The fourth-order valence-corrected chi connectivity index (χ4v) is 1.52. The van der Waals surface area contributed by atoms with Crippen LogP contribution < -0.4 is 14.2 Å². The number of benzene rings is 1. The number of ether oxygens (including phenoxy) is 3. The molecule has 2 aromatic rings. The predicted octanol–water partition coefficient (Wildman–Crippen LogP) is 0.550. The summed E-state index contributed by atoms with van der Waals surface area (Å²) in [6, 6.07) is 5.47. The molecule has 0 amide bonds. The molecule has 3 rings (SSSR count). The van der Waals surface area contributed by atoms with Crippen LogP contribution in [0.5, 0.6) is 17.2 Å². The molecule has 17 heavy (non-hydrogen) atoms. The Morgan fingerprint density at radius 2 is 2.24 bits per heavy atom. The number of hydrogen-bond donors (Lipinski definition) is 1. The summed E-state index contributed by atoms with van der Waals surface area (Å²) < 4.78 is 16.0. The van der Waals surface area contributed by atoms with Crippen molar-refractivity contribution >= 4 is 0 Å². The molecule has 0 atom stereocenters. The summed E-state index contributed by atoms with van der Waals surface area (Å²) in [4.78, 5) is 0. The summed E-state index contributed by atoms with van der Waals surface area (Å²) in [5, 5.41) is 13.5. The number of H-pyrrole nitrogens is 1. The largest absolute Gasteiger partial charge is 0.493 e. The summed E-state index contributed by atoms with van der Waals surface area (Å²) in [6.07, 6.45) is 0.602. The number of nitrogens with zero attached hydrogens (tertiary/aromatic N) is 3. The lowest BCUT2D eigenvalue weighted by Gasteiger charge is -2.05. The minimum absolute atomic E-state index is 0.266. The lowest BCUT2D eigenvalue weighted by molar-refractivity contribution is 0.173. The monoisotopic (exact) mass is 234 g/mol. The van der Waals surface area contributed by atoms with Crippen molar-refractivity contribution in [2.75, 3.05) is 13.4 Å². The van der Waals surface area contributed by atoms with Gasteiger partial charge in [-0.25, -0.2) is 0 Å². The molecule has 0 unspecified atom stereocenters. The normalized spacial score (nSPS) is 12.7. The quantitative estimate of drug-likeness (QED) is 0.831. The highest BCUT2D eigenvalue weighted by Gasteiger charge is 2.13. The van der Waals surface area contributed by atoms with Crippen molar-refractivity contribution in [3.05, 3.63) is 24.0 Å². The highest BCUT2D eigenvalue weighted by molar-refractivity contribution is 5.46. The van der Waals surface area contributed by atoms with Crippen LogP contribution in [0.2, 0.25) is 0 Å². The van der Waals surface area contributed by atoms with E-state index >= 15 is 0 Å². The fraction of sp³-hybridized carbons (Fsp3) is 0.300. The molecule has 1 N–H and O–H groups in total. The summed E-state index contributed by atoms with van der Waals surface area (Å²) in [5.74, 6) is 2.82. The van der Waals surface area contributed by atoms with Gasteiger partial charge in [-0.05, 0) is 12.1 Å². The van der Waals surface area contributed by atoms with E-state index in [4.69, 9.17) is 14.2 Å². The van der Waals surface area contributed by atoms with Crippen LogP contribution in [0.1, 0.15) is 5.82 Å². The maximum atomic E-state index is 5.55. The fourth-order valence-electron chi connectivity index (χ4n) is 1.52. The third-order valence-corrected chi connectivity index (χ3v) is 2.33. The number of aromatic nitrogens is 4. The molecule has 88 valence electrons. The van der Waals surface area contributed by atoms with Gasteiger partial charge >= 0.3 is 0 Å². The highest BCUT2D eigenvalue weighted by Crippen LogP contribution is 2.34. The Bertz CT molecular complexity index is 500. The van der Waals surface area contributed by atoms with Crippen molar-refractivity contribution in [3.63, 3.8) is 0 Å². The maximum Gasteiger partial charge on any atom is 0.231 e. The number of nitrogens with one attached hydrogen (secondary N) is 1. The molecule has 1 aliphatic heterocycles. The maximum absolute atomic E-state index is 5.55. The van der Waals surface area contributed by atoms with Crippen LogP contribution in [0, 0.1) is 0 Å². The zero-order valence-corrected chi connectivity index (χ0v) is 8.92. The Balaban J connectivity index is 1.58. The van der Waals surface area contributed by atoms with E-state index in [9.17, 15) is 0 Å². The van der Waals surface area contributed by atoms with Crippen molar-refractivity contribution in [3.8, 4) is 17.2 Å². The zero-order valence-electron chi connectivity index (χ0n) is 8.92. The molecule has 1 aromatic carbocycles. The van der Waals surface area contributed by atoms with Gasteiger partial charge in [-0.15, -0.1) is 10.2 Å². The van der Waals surface area contributed by atoms with Gasteiger partial charge in [0, 0.05) is 12.5 Å². The van der Waals surface area contributed by atoms with Crippen molar-refractivity contribution in [2.45, 2.75) is 6.42 Å². The molecule has 0 bridgehead atoms. The second kappa shape index (κ2) is 4.28. The average Bonchev–Trinajstić information content (AvgIpc) is 2.98. The van der Waals surface area contributed by atoms with Gasteiger partial charge in [0.1, 0.15) is 5.75 Å². The van der Waals surface area contributed by atoms with Crippen LogP contribution in [0.25, 0.3) is 0 Å². The van der Waals surface area contributed by atoms with Crippen LogP contribution >= 0.6 is 0 Å². The smallest absolute Gasteiger partial charge is 0.231 e. The minimum atomic E-state index is 0.266. The Morgan fingerprint density at radius 1 is 1.29 bits per heavy atom. The first kappa shape index (κ1) is 9.88. The summed E-state index contributed by atoms with van der Waals surface area (Å²) in [5.41, 5.74) is 0. The van der Waals surface area contributed by atoms with Gasteiger partial charge in [0.25, 0.3) is 0 Å². The molecule has 7 heteroatoms. The molecule has 0 radical (unpaired) electrons. The second-order valence-electron chi connectivity index (χ2n) is 3.44. The molecular formula is C10H10N4O3. The number of rotatable bonds is 4. The molecule has 1 aliphatic rings. The number of aromatic amines is 1. The van der Waals surface area contributed by atoms with Gasteiger partial charge in [-0.2, -0.15) is 5.21 Å². The van der Waals surface area contributed by atoms with Gasteiger partial charge in [0.05, 0.1) is 6.61 Å². The number of fused-ring (bicyclic) bond motifs is 1. The predicted molar refractivity (Wildman–Crippen MR) is 55.9 cm³/mol. The zero-order chi connectivity index (χ0) is 11.5. The molecule has 0 saturated carbocycles. The van der Waals surface area contributed by atoms with Crippen molar-refractivity contribution < 1.29 is 14.2 Å². The van der Waals surface area contributed by atoms with Crippen LogP contribution in [0.3, 0.4) is 0 Å². The minimum Gasteiger partial charge on any atom is -0.493 e. The first-order valence-electron chi connectivity index (χ1n) is 5.16. The first-order chi connectivity index (χ1) is 8.42. The van der Waals surface area contributed by atoms with Crippen LogP contribution in [-0.4, -0.2) is 34.0 Å². The van der Waals surface area contributed by atoms with Gasteiger partial charge < -0.3 is 14.2 Å². The summed E-state index contributed by atoms with van der Waals surface area (Å²) in [6.45, 7) is 0.751. The molecule has 1 aromatic heterocycles. The second-order valence-corrected chi connectivity index (χ2v) is 3.44. The third-order valence-electron chi connectivity index (χ3n) is 2.33. The molecule has 2 heterocycles. The van der Waals surface area contributed by atoms with E-state index in [0.717, 1.165) is 11.5 Å². The Labute approximate surface area is 96.7 Å². The molecule has 0 saturated heterocycles. The van der Waals surface area contributed by atoms with E-state index in [1.54, 1.807) is 6.07 Å². The molecule has 0 fully saturated rings. The topological polar surface area (TPSA) is 82.2 Å². The first-order valence-corrected chi connectivity index (χ1v) is 5.16. The van der Waals surface area contributed by atoms with Gasteiger partial charge in [-0.3, -0.25) is 0 Å². The van der Waals surface area contributed by atoms with Crippen molar-refractivity contribution in [2.24, 2.45) is 0 Å². The molecular weight excluding hydrogens is 224 g/mol. The number of tetrazole rings is 1. The Hall–Kier alpha value is -2.31. The average molecular weight is 234 g/mol. The van der Waals surface area contributed by atoms with Crippen LogP contribution in [-0.2, 0) is 6.42 Å². The van der Waals surface area contributed by atoms with E-state index in [2.05, 4.69) is 20.6 Å². The Kier molecular flexibility index (Phi) is 2.49. The lowest BCUT2D eigenvalue weighted by atomic mass is 10.3. The van der Waals surface area contributed by atoms with Crippen LogP contribution in [0.15, 0.2) is 18.2 Å². The number of hydrogen-bond acceptors (Lipinski definition) is 6. The lowest BCUT2D eigenvalue weighted by Crippen LogP contribution is -2.02. The van der Waals surface area contributed by atoms with Crippen LogP contribution in [0.4, 0.5) is 0 Å². The van der Waals surface area contributed by atoms with E-state index < -0.39 is 0 Å². The van der Waals surface area contributed by atoms with Crippen molar-refractivity contribution in [1.82, 2.24) is 20.6 Å². The third kappa shape index (κ3) is 2.12. The van der Waals surface area contributed by atoms with Crippen molar-refractivity contribution in [1.29, 1.82) is 0 Å². The van der Waals surface area contributed by atoms with Gasteiger partial charge in [0.15, 0.2) is 17.3 Å². The molecule has 0 spiro atoms. The van der Waals surface area contributed by atoms with E-state index in [0.29, 0.717) is 24.6 Å². The molecule has 7 nitrogen and oxygen atoms in total. The van der Waals surface area contributed by atoms with E-state index in [1.807, 2.05) is 12.1 Å². The van der Waals surface area contributed by atoms with E-state index in [1.165, 1.54) is 0 Å². The summed E-state index contributed by atoms with van der Waals surface area (Å²) in [7, 11) is 0. The SMILES string of the molecule is c1cc2c(cc1OCCc1nn[nH]n1)OCO2. The van der Waals surface area contributed by atoms with E-state index in [-0.39, 0.29) is 6.79 Å². The van der Waals surface area contributed by atoms with Gasteiger partial charge in [0.2, 0.25) is 6.79 Å². The Morgan fingerprint density at radius 3 is 3.12 bits per heavy atom. The highest BCUT2D eigenvalue weighted by atomic mass is 16.7. The standard InChI is InChI=1S/C10H10N4O3/c1-2-8-9(17-6-16-8)5-7(1)15-4-3-10-11-13-14-12-10/h1-2,5H,3-4,6H2,(H,11,12,13,14). The van der Waals surface area contributed by atoms with Gasteiger partial charge in [-0.1, -0.05) is 5.21 Å². The molecule has 0 aliphatic carbocycles.